The van der Waals surface area contributed by atoms with Crippen molar-refractivity contribution in [3.05, 3.63) is 27.7 Å². The molecule has 2 nitrogen and oxygen atoms in total. The van der Waals surface area contributed by atoms with E-state index in [1.165, 1.54) is 5.69 Å². The van der Waals surface area contributed by atoms with Crippen molar-refractivity contribution in [1.29, 1.82) is 0 Å². The molecule has 2 unspecified atom stereocenters. The Labute approximate surface area is 123 Å². The molecule has 1 heterocycles. The summed E-state index contributed by atoms with van der Waals surface area (Å²) in [7, 11) is 0. The highest BCUT2D eigenvalue weighted by atomic mass is 79.9. The maximum atomic E-state index is 6.21. The zero-order valence-corrected chi connectivity index (χ0v) is 13.4. The van der Waals surface area contributed by atoms with E-state index >= 15 is 0 Å². The summed E-state index contributed by atoms with van der Waals surface area (Å²) in [6, 6.07) is 7.27. The number of benzene rings is 1. The molecular formula is C14H20BrClN2. The van der Waals surface area contributed by atoms with Crippen LogP contribution in [0.2, 0.25) is 5.02 Å². The minimum Gasteiger partial charge on any atom is -0.365 e. The molecule has 0 spiro atoms. The summed E-state index contributed by atoms with van der Waals surface area (Å²) in [6.07, 6.45) is 0. The lowest BCUT2D eigenvalue weighted by Gasteiger charge is -2.43. The van der Waals surface area contributed by atoms with Gasteiger partial charge in [0.25, 0.3) is 0 Å². The van der Waals surface area contributed by atoms with Gasteiger partial charge in [0.1, 0.15) is 0 Å². The van der Waals surface area contributed by atoms with Gasteiger partial charge in [-0.3, -0.25) is 0 Å². The zero-order chi connectivity index (χ0) is 13.3. The number of nitrogens with zero attached hydrogens (tertiary/aromatic N) is 1. The fraction of sp³-hybridized carbons (Fsp3) is 0.571. The summed E-state index contributed by atoms with van der Waals surface area (Å²) in [5, 5.41) is 4.33. The molecule has 1 aromatic rings. The third-order valence-electron chi connectivity index (χ3n) is 3.55. The van der Waals surface area contributed by atoms with Gasteiger partial charge in [-0.2, -0.15) is 0 Å². The Morgan fingerprint density at radius 1 is 1.44 bits per heavy atom. The summed E-state index contributed by atoms with van der Waals surface area (Å²) in [4.78, 5) is 2.48. The van der Waals surface area contributed by atoms with Crippen molar-refractivity contribution in [1.82, 2.24) is 5.32 Å². The average molecular weight is 332 g/mol. The molecule has 1 aliphatic rings. The minimum absolute atomic E-state index is 0.516. The van der Waals surface area contributed by atoms with E-state index in [4.69, 9.17) is 11.6 Å². The van der Waals surface area contributed by atoms with Crippen LogP contribution in [0.4, 0.5) is 5.69 Å². The highest BCUT2D eigenvalue weighted by molar-refractivity contribution is 9.10. The van der Waals surface area contributed by atoms with Crippen molar-refractivity contribution in [2.75, 3.05) is 18.0 Å². The van der Waals surface area contributed by atoms with E-state index in [0.717, 1.165) is 22.6 Å². The SMILES string of the molecule is CC1CN(c2ccc(Br)c(Cl)c2)C(C(C)C)CN1. The highest BCUT2D eigenvalue weighted by Crippen LogP contribution is 2.30. The first-order valence-corrected chi connectivity index (χ1v) is 7.61. The van der Waals surface area contributed by atoms with Crippen LogP contribution in [0.5, 0.6) is 0 Å². The second-order valence-electron chi connectivity index (χ2n) is 5.37. The first kappa shape index (κ1) is 14.2. The molecule has 1 saturated heterocycles. The molecule has 0 amide bonds. The van der Waals surface area contributed by atoms with Crippen molar-refractivity contribution < 1.29 is 0 Å². The van der Waals surface area contributed by atoms with Crippen LogP contribution in [0, 0.1) is 5.92 Å². The van der Waals surface area contributed by atoms with Gasteiger partial charge in [-0.15, -0.1) is 0 Å². The van der Waals surface area contributed by atoms with Gasteiger partial charge < -0.3 is 10.2 Å². The second kappa shape index (κ2) is 5.81. The van der Waals surface area contributed by atoms with Gasteiger partial charge in [0, 0.05) is 35.3 Å². The van der Waals surface area contributed by atoms with Crippen LogP contribution in [-0.2, 0) is 0 Å². The normalized spacial score (nSPS) is 24.7. The first-order valence-electron chi connectivity index (χ1n) is 6.44. The van der Waals surface area contributed by atoms with Gasteiger partial charge in [-0.05, 0) is 47.0 Å². The number of nitrogens with one attached hydrogen (secondary N) is 1. The maximum absolute atomic E-state index is 6.21. The Hall–Kier alpha value is -0.250. The fourth-order valence-corrected chi connectivity index (χ4v) is 2.90. The molecule has 100 valence electrons. The van der Waals surface area contributed by atoms with E-state index in [2.05, 4.69) is 59.1 Å². The van der Waals surface area contributed by atoms with Crippen molar-refractivity contribution in [3.8, 4) is 0 Å². The van der Waals surface area contributed by atoms with Crippen molar-refractivity contribution in [2.45, 2.75) is 32.9 Å². The first-order chi connectivity index (χ1) is 8.49. The molecule has 2 rings (SSSR count). The van der Waals surface area contributed by atoms with Crippen LogP contribution in [-0.4, -0.2) is 25.2 Å². The van der Waals surface area contributed by atoms with Crippen molar-refractivity contribution >= 4 is 33.2 Å². The predicted molar refractivity (Wildman–Crippen MR) is 82.6 cm³/mol. The maximum Gasteiger partial charge on any atom is 0.0568 e. The number of hydrogen-bond donors (Lipinski definition) is 1. The molecule has 1 aliphatic heterocycles. The van der Waals surface area contributed by atoms with Gasteiger partial charge in [0.2, 0.25) is 0 Å². The fourth-order valence-electron chi connectivity index (χ4n) is 2.48. The molecule has 1 aromatic carbocycles. The quantitative estimate of drug-likeness (QED) is 0.883. The van der Waals surface area contributed by atoms with Crippen LogP contribution < -0.4 is 10.2 Å². The summed E-state index contributed by atoms with van der Waals surface area (Å²) in [5.74, 6) is 0.618. The van der Waals surface area contributed by atoms with E-state index in [1.54, 1.807) is 0 Å². The topological polar surface area (TPSA) is 15.3 Å². The Bertz CT molecular complexity index is 422. The molecule has 18 heavy (non-hydrogen) atoms. The third kappa shape index (κ3) is 3.01. The van der Waals surface area contributed by atoms with Crippen LogP contribution in [0.1, 0.15) is 20.8 Å². The van der Waals surface area contributed by atoms with E-state index < -0.39 is 0 Å². The molecule has 2 atom stereocenters. The number of halogens is 2. The smallest absolute Gasteiger partial charge is 0.0568 e. The number of anilines is 1. The van der Waals surface area contributed by atoms with Crippen LogP contribution >= 0.6 is 27.5 Å². The highest BCUT2D eigenvalue weighted by Gasteiger charge is 2.28. The van der Waals surface area contributed by atoms with Crippen LogP contribution in [0.3, 0.4) is 0 Å². The number of rotatable bonds is 2. The summed E-state index contributed by atoms with van der Waals surface area (Å²) in [5.41, 5.74) is 1.22. The van der Waals surface area contributed by atoms with Gasteiger partial charge in [0.05, 0.1) is 5.02 Å². The number of hydrogen-bond acceptors (Lipinski definition) is 2. The molecule has 4 heteroatoms. The minimum atomic E-state index is 0.516. The monoisotopic (exact) mass is 330 g/mol. The Balaban J connectivity index is 2.29. The van der Waals surface area contributed by atoms with E-state index in [-0.39, 0.29) is 0 Å². The second-order valence-corrected chi connectivity index (χ2v) is 6.63. The van der Waals surface area contributed by atoms with Crippen LogP contribution in [0.25, 0.3) is 0 Å². The van der Waals surface area contributed by atoms with Gasteiger partial charge >= 0.3 is 0 Å². The van der Waals surface area contributed by atoms with Gasteiger partial charge in [-0.25, -0.2) is 0 Å². The molecular weight excluding hydrogens is 312 g/mol. The molecule has 0 bridgehead atoms. The molecule has 0 aromatic heterocycles. The van der Waals surface area contributed by atoms with Gasteiger partial charge in [-0.1, -0.05) is 25.4 Å². The van der Waals surface area contributed by atoms with Crippen LogP contribution in [0.15, 0.2) is 22.7 Å². The van der Waals surface area contributed by atoms with E-state index in [0.29, 0.717) is 18.0 Å². The summed E-state index contributed by atoms with van der Waals surface area (Å²) >= 11 is 9.65. The van der Waals surface area contributed by atoms with E-state index in [1.807, 2.05) is 6.07 Å². The lowest BCUT2D eigenvalue weighted by molar-refractivity contribution is 0.349. The summed E-state index contributed by atoms with van der Waals surface area (Å²) < 4.78 is 0.956. The lowest BCUT2D eigenvalue weighted by atomic mass is 9.98. The zero-order valence-electron chi connectivity index (χ0n) is 11.1. The lowest BCUT2D eigenvalue weighted by Crippen LogP contribution is -2.57. The van der Waals surface area contributed by atoms with Gasteiger partial charge in [0.15, 0.2) is 0 Å². The van der Waals surface area contributed by atoms with Crippen molar-refractivity contribution in [2.24, 2.45) is 5.92 Å². The average Bonchev–Trinajstić information content (AvgIpc) is 2.32. The Kier molecular flexibility index (Phi) is 4.57. The number of piperazine rings is 1. The Morgan fingerprint density at radius 3 is 2.78 bits per heavy atom. The standard InChI is InChI=1S/C14H20BrClN2/c1-9(2)14-7-17-10(3)8-18(14)11-4-5-12(15)13(16)6-11/h4-6,9-10,14,17H,7-8H2,1-3H3. The third-order valence-corrected chi connectivity index (χ3v) is 4.78. The predicted octanol–water partition coefficient (Wildman–Crippen LogP) is 3.93. The summed E-state index contributed by atoms with van der Waals surface area (Å²) in [6.45, 7) is 8.84. The van der Waals surface area contributed by atoms with E-state index in [9.17, 15) is 0 Å². The largest absolute Gasteiger partial charge is 0.365 e. The molecule has 0 aliphatic carbocycles. The molecule has 0 saturated carbocycles. The molecule has 1 fully saturated rings. The molecule has 1 N–H and O–H groups in total. The Morgan fingerprint density at radius 2 is 2.17 bits per heavy atom. The molecule has 0 radical (unpaired) electrons. The van der Waals surface area contributed by atoms with Crippen molar-refractivity contribution in [3.63, 3.8) is 0 Å².